The normalized spacial score (nSPS) is 13.2. The minimum absolute atomic E-state index is 1.34. The lowest BCUT2D eigenvalue weighted by molar-refractivity contribution is 0.302. The van der Waals surface area contributed by atoms with Gasteiger partial charge in [0.15, 0.2) is 0 Å². The molecule has 5 heteroatoms. The Morgan fingerprint density at radius 1 is 1.00 bits per heavy atom. The molecule has 0 aromatic heterocycles. The number of hydrogen-bond acceptors (Lipinski definition) is 4. The summed E-state index contributed by atoms with van der Waals surface area (Å²) in [6.07, 6.45) is 11.6. The molecule has 0 radical (unpaired) electrons. The molecule has 0 unspecified atom stereocenters. The summed E-state index contributed by atoms with van der Waals surface area (Å²) in [7, 11) is 0.558. The van der Waals surface area contributed by atoms with Gasteiger partial charge >= 0.3 is 8.25 Å². The lowest BCUT2D eigenvalue weighted by Gasteiger charge is -1.89. The smallest absolute Gasteiger partial charge is 0.318 e. The minimum Gasteiger partial charge on any atom is -0.368 e. The van der Waals surface area contributed by atoms with Crippen LogP contribution < -0.4 is 5.32 Å². The van der Waals surface area contributed by atoms with Crippen molar-refractivity contribution >= 4 is 8.25 Å². The first kappa shape index (κ1) is 12.2. The van der Waals surface area contributed by atoms with Gasteiger partial charge in [0.25, 0.3) is 0 Å². The molecule has 13 heavy (non-hydrogen) atoms. The van der Waals surface area contributed by atoms with Crippen molar-refractivity contribution in [3.63, 3.8) is 0 Å². The maximum atomic E-state index is 9.92. The monoisotopic (exact) mass is 203 g/mol. The van der Waals surface area contributed by atoms with Crippen molar-refractivity contribution < 1.29 is 13.6 Å². The Balaban J connectivity index is 0.000000226. The fourth-order valence-electron chi connectivity index (χ4n) is 0.489. The molecule has 74 valence electrons. The standard InChI is InChI=1S/C6H7N.C2H7O3P/c1-2-4-6-7-5-3-1;1-4-6(3)5-2/h1-7H;6H,1-2H3. The predicted molar refractivity (Wildman–Crippen MR) is 53.6 cm³/mol. The van der Waals surface area contributed by atoms with Crippen LogP contribution in [0.1, 0.15) is 0 Å². The molecule has 1 aliphatic rings. The van der Waals surface area contributed by atoms with Crippen LogP contribution in [0.15, 0.2) is 36.7 Å². The summed E-state index contributed by atoms with van der Waals surface area (Å²) in [4.78, 5) is 0. The van der Waals surface area contributed by atoms with Gasteiger partial charge in [-0.15, -0.1) is 0 Å². The van der Waals surface area contributed by atoms with E-state index in [-0.39, 0.29) is 0 Å². The first-order chi connectivity index (χ1) is 6.31. The van der Waals surface area contributed by atoms with E-state index in [1.54, 1.807) is 0 Å². The van der Waals surface area contributed by atoms with E-state index < -0.39 is 8.25 Å². The second-order valence-corrected chi connectivity index (χ2v) is 3.24. The van der Waals surface area contributed by atoms with E-state index in [9.17, 15) is 4.57 Å². The largest absolute Gasteiger partial charge is 0.368 e. The topological polar surface area (TPSA) is 47.6 Å². The minimum atomic E-state index is -2.12. The highest BCUT2D eigenvalue weighted by atomic mass is 31.1. The van der Waals surface area contributed by atoms with Crippen LogP contribution in [0.4, 0.5) is 0 Å². The number of rotatable bonds is 2. The van der Waals surface area contributed by atoms with Crippen LogP contribution in [0.2, 0.25) is 0 Å². The highest BCUT2D eigenvalue weighted by Crippen LogP contribution is 2.18. The molecule has 0 amide bonds. The molecule has 1 aliphatic heterocycles. The van der Waals surface area contributed by atoms with Crippen LogP contribution >= 0.6 is 8.25 Å². The molecule has 0 saturated heterocycles. The summed E-state index contributed by atoms with van der Waals surface area (Å²) in [6, 6.07) is 0. The quantitative estimate of drug-likeness (QED) is 0.695. The third-order valence-corrected chi connectivity index (χ3v) is 1.72. The number of allylic oxidation sites excluding steroid dienone is 4. The van der Waals surface area contributed by atoms with Crippen molar-refractivity contribution in [2.45, 2.75) is 0 Å². The Hall–Kier alpha value is -0.830. The van der Waals surface area contributed by atoms with E-state index >= 15 is 0 Å². The molecule has 0 spiro atoms. The fraction of sp³-hybridized carbons (Fsp3) is 0.250. The summed E-state index contributed by atoms with van der Waals surface area (Å²) >= 11 is 0. The molecule has 4 nitrogen and oxygen atoms in total. The van der Waals surface area contributed by atoms with E-state index in [2.05, 4.69) is 14.4 Å². The van der Waals surface area contributed by atoms with Gasteiger partial charge in [0.2, 0.25) is 0 Å². The van der Waals surface area contributed by atoms with Gasteiger partial charge in [-0.1, -0.05) is 12.2 Å². The van der Waals surface area contributed by atoms with Gasteiger partial charge in [-0.05, 0) is 12.2 Å². The van der Waals surface area contributed by atoms with E-state index in [4.69, 9.17) is 0 Å². The first-order valence-corrected chi connectivity index (χ1v) is 4.90. The molecular formula is C8H14NO3P. The maximum Gasteiger partial charge on any atom is 0.318 e. The van der Waals surface area contributed by atoms with Gasteiger partial charge in [-0.25, -0.2) is 0 Å². The molecule has 1 heterocycles. The van der Waals surface area contributed by atoms with Crippen molar-refractivity contribution in [2.24, 2.45) is 0 Å². The van der Waals surface area contributed by atoms with Gasteiger partial charge < -0.3 is 14.4 Å². The van der Waals surface area contributed by atoms with Crippen molar-refractivity contribution in [3.05, 3.63) is 36.7 Å². The lowest BCUT2D eigenvalue weighted by Crippen LogP contribution is -1.87. The van der Waals surface area contributed by atoms with Gasteiger partial charge in [0.05, 0.1) is 0 Å². The van der Waals surface area contributed by atoms with E-state index in [1.165, 1.54) is 14.2 Å². The Bertz CT molecular complexity index is 203. The summed E-state index contributed by atoms with van der Waals surface area (Å²) < 4.78 is 18.4. The summed E-state index contributed by atoms with van der Waals surface area (Å²) in [6.45, 7) is 0. The van der Waals surface area contributed by atoms with Gasteiger partial charge in [-0.3, -0.25) is 4.57 Å². The Morgan fingerprint density at radius 3 is 1.77 bits per heavy atom. The first-order valence-electron chi connectivity index (χ1n) is 3.67. The molecule has 0 fully saturated rings. The average Bonchev–Trinajstić information content (AvgIpc) is 2.49. The Morgan fingerprint density at radius 2 is 1.46 bits per heavy atom. The highest BCUT2D eigenvalue weighted by molar-refractivity contribution is 7.33. The second kappa shape index (κ2) is 9.26. The molecule has 0 aromatic rings. The molecule has 0 saturated carbocycles. The molecule has 0 aliphatic carbocycles. The number of hydrogen-bond donors (Lipinski definition) is 1. The summed E-state index contributed by atoms with van der Waals surface area (Å²) in [5, 5.41) is 2.92. The Kier molecular flexibility index (Phi) is 8.67. The van der Waals surface area contributed by atoms with Gasteiger partial charge in [-0.2, -0.15) is 0 Å². The fourth-order valence-corrected chi connectivity index (χ4v) is 0.656. The number of nitrogens with one attached hydrogen (secondary N) is 1. The van der Waals surface area contributed by atoms with E-state index in [1.807, 2.05) is 36.7 Å². The van der Waals surface area contributed by atoms with Crippen LogP contribution in [-0.2, 0) is 13.6 Å². The van der Waals surface area contributed by atoms with Crippen LogP contribution in [-0.4, -0.2) is 14.2 Å². The SMILES string of the molecule is C1=CC=CNC=C1.CO[PH](=O)OC. The molecule has 1 rings (SSSR count). The summed E-state index contributed by atoms with van der Waals surface area (Å²) in [5.74, 6) is 0. The zero-order valence-corrected chi connectivity index (χ0v) is 8.69. The van der Waals surface area contributed by atoms with Gasteiger partial charge in [0.1, 0.15) is 0 Å². The van der Waals surface area contributed by atoms with E-state index in [0.717, 1.165) is 0 Å². The van der Waals surface area contributed by atoms with Crippen LogP contribution in [0, 0.1) is 0 Å². The average molecular weight is 203 g/mol. The molecule has 0 atom stereocenters. The molecular weight excluding hydrogens is 189 g/mol. The van der Waals surface area contributed by atoms with E-state index in [0.29, 0.717) is 0 Å². The third-order valence-electron chi connectivity index (χ3n) is 1.05. The maximum absolute atomic E-state index is 9.92. The zero-order valence-electron chi connectivity index (χ0n) is 7.69. The van der Waals surface area contributed by atoms with Crippen LogP contribution in [0.5, 0.6) is 0 Å². The predicted octanol–water partition coefficient (Wildman–Crippen LogP) is 1.84. The van der Waals surface area contributed by atoms with Crippen molar-refractivity contribution in [1.82, 2.24) is 5.32 Å². The van der Waals surface area contributed by atoms with Crippen LogP contribution in [0.25, 0.3) is 0 Å². The molecule has 0 aromatic carbocycles. The van der Waals surface area contributed by atoms with Crippen molar-refractivity contribution in [1.29, 1.82) is 0 Å². The third kappa shape index (κ3) is 9.08. The highest BCUT2D eigenvalue weighted by Gasteiger charge is 1.83. The molecule has 1 N–H and O–H groups in total. The Labute approximate surface area is 78.9 Å². The van der Waals surface area contributed by atoms with Gasteiger partial charge in [0, 0.05) is 26.6 Å². The van der Waals surface area contributed by atoms with Crippen molar-refractivity contribution in [3.8, 4) is 0 Å². The van der Waals surface area contributed by atoms with Crippen molar-refractivity contribution in [2.75, 3.05) is 14.2 Å². The zero-order chi connectivity index (χ0) is 9.94. The summed E-state index contributed by atoms with van der Waals surface area (Å²) in [5.41, 5.74) is 0. The second-order valence-electron chi connectivity index (χ2n) is 1.93. The molecule has 0 bridgehead atoms. The van der Waals surface area contributed by atoms with Crippen LogP contribution in [0.3, 0.4) is 0 Å². The lowest BCUT2D eigenvalue weighted by atomic mass is 10.5.